The van der Waals surface area contributed by atoms with Crippen LogP contribution in [0, 0.1) is 0 Å². The molecule has 0 aliphatic heterocycles. The Morgan fingerprint density at radius 3 is 2.27 bits per heavy atom. The number of carbonyl (C=O) groups is 2. The molecule has 170 valence electrons. The topological polar surface area (TPSA) is 70.7 Å². The second-order valence-electron chi connectivity index (χ2n) is 7.38. The Bertz CT molecular complexity index is 1100. The van der Waals surface area contributed by atoms with Crippen molar-refractivity contribution in [2.75, 3.05) is 18.6 Å². The van der Waals surface area contributed by atoms with Gasteiger partial charge in [0, 0.05) is 19.2 Å². The number of carbonyl (C=O) groups excluding carboxylic acids is 2. The molecular formula is C26H27N3O3S. The van der Waals surface area contributed by atoms with Crippen LogP contribution in [0.1, 0.15) is 39.6 Å². The first-order valence-corrected chi connectivity index (χ1v) is 11.1. The summed E-state index contributed by atoms with van der Waals surface area (Å²) in [6.07, 6.45) is 0.911. The van der Waals surface area contributed by atoms with Gasteiger partial charge in [-0.3, -0.25) is 14.9 Å². The monoisotopic (exact) mass is 461 g/mol. The number of ether oxygens (including phenoxy) is 1. The summed E-state index contributed by atoms with van der Waals surface area (Å²) < 4.78 is 5.55. The highest BCUT2D eigenvalue weighted by molar-refractivity contribution is 7.80. The Labute approximate surface area is 199 Å². The van der Waals surface area contributed by atoms with Crippen LogP contribution >= 0.6 is 12.2 Å². The largest absolute Gasteiger partial charge is 0.494 e. The lowest BCUT2D eigenvalue weighted by Crippen LogP contribution is -2.41. The van der Waals surface area contributed by atoms with Crippen molar-refractivity contribution in [3.63, 3.8) is 0 Å². The molecule has 6 nitrogen and oxygen atoms in total. The number of nitrogens with one attached hydrogen (secondary N) is 2. The lowest BCUT2D eigenvalue weighted by atomic mass is 10.1. The average molecular weight is 462 g/mol. The van der Waals surface area contributed by atoms with Crippen LogP contribution in [0.5, 0.6) is 5.75 Å². The summed E-state index contributed by atoms with van der Waals surface area (Å²) >= 11 is 5.44. The Balaban J connectivity index is 1.65. The van der Waals surface area contributed by atoms with E-state index < -0.39 is 0 Å². The van der Waals surface area contributed by atoms with E-state index in [0.717, 1.165) is 12.0 Å². The Kier molecular flexibility index (Phi) is 8.55. The third-order valence-corrected chi connectivity index (χ3v) is 5.30. The standard InChI is InChI=1S/C26H27N3O3S/c1-3-17-32-21-15-13-20(14-16-21)24(30)28-26(33)29(2)23-12-8-7-11-22(23)25(31)27-18-19-9-5-4-6-10-19/h4-16H,3,17-18H2,1-2H3,(H,27,31)(H,28,30,33). The van der Waals surface area contributed by atoms with E-state index in [-0.39, 0.29) is 16.9 Å². The van der Waals surface area contributed by atoms with Gasteiger partial charge < -0.3 is 15.0 Å². The van der Waals surface area contributed by atoms with Gasteiger partial charge in [0.25, 0.3) is 11.8 Å². The highest BCUT2D eigenvalue weighted by atomic mass is 32.1. The van der Waals surface area contributed by atoms with Crippen LogP contribution in [0.2, 0.25) is 0 Å². The van der Waals surface area contributed by atoms with E-state index in [0.29, 0.717) is 35.7 Å². The van der Waals surface area contributed by atoms with Crippen LogP contribution in [0.3, 0.4) is 0 Å². The highest BCUT2D eigenvalue weighted by Crippen LogP contribution is 2.20. The number of thiocarbonyl (C=S) groups is 1. The maximum absolute atomic E-state index is 12.8. The van der Waals surface area contributed by atoms with Crippen molar-refractivity contribution >= 4 is 34.8 Å². The van der Waals surface area contributed by atoms with Gasteiger partial charge >= 0.3 is 0 Å². The third-order valence-electron chi connectivity index (χ3n) is 4.92. The molecule has 0 unspecified atom stereocenters. The summed E-state index contributed by atoms with van der Waals surface area (Å²) in [5.41, 5.74) is 2.52. The van der Waals surface area contributed by atoms with Crippen molar-refractivity contribution in [3.8, 4) is 5.75 Å². The van der Waals surface area contributed by atoms with Gasteiger partial charge in [-0.15, -0.1) is 0 Å². The van der Waals surface area contributed by atoms with E-state index in [1.807, 2.05) is 43.3 Å². The molecule has 33 heavy (non-hydrogen) atoms. The molecule has 0 aliphatic carbocycles. The van der Waals surface area contributed by atoms with E-state index in [1.54, 1.807) is 54.4 Å². The van der Waals surface area contributed by atoms with Gasteiger partial charge in [-0.1, -0.05) is 49.4 Å². The molecule has 0 heterocycles. The van der Waals surface area contributed by atoms with Crippen LogP contribution < -0.4 is 20.3 Å². The lowest BCUT2D eigenvalue weighted by Gasteiger charge is -2.23. The van der Waals surface area contributed by atoms with Crippen molar-refractivity contribution in [1.29, 1.82) is 0 Å². The molecule has 2 amide bonds. The molecule has 0 saturated carbocycles. The van der Waals surface area contributed by atoms with Crippen molar-refractivity contribution in [2.24, 2.45) is 0 Å². The minimum atomic E-state index is -0.333. The maximum Gasteiger partial charge on any atom is 0.257 e. The zero-order valence-electron chi connectivity index (χ0n) is 18.7. The number of amides is 2. The number of rotatable bonds is 8. The predicted octanol–water partition coefficient (Wildman–Crippen LogP) is 4.56. The third kappa shape index (κ3) is 6.63. The van der Waals surface area contributed by atoms with Crippen molar-refractivity contribution < 1.29 is 14.3 Å². The smallest absolute Gasteiger partial charge is 0.257 e. The lowest BCUT2D eigenvalue weighted by molar-refractivity contribution is 0.0950. The summed E-state index contributed by atoms with van der Waals surface area (Å²) in [4.78, 5) is 27.1. The minimum absolute atomic E-state index is 0.189. The van der Waals surface area contributed by atoms with Crippen molar-refractivity contribution in [3.05, 3.63) is 95.6 Å². The number of hydrogen-bond donors (Lipinski definition) is 2. The number of hydrogen-bond acceptors (Lipinski definition) is 4. The van der Waals surface area contributed by atoms with Crippen LogP contribution in [0.25, 0.3) is 0 Å². The van der Waals surface area contributed by atoms with Gasteiger partial charge in [0.15, 0.2) is 5.11 Å². The minimum Gasteiger partial charge on any atom is -0.494 e. The van der Waals surface area contributed by atoms with Gasteiger partial charge in [0.1, 0.15) is 5.75 Å². The first-order valence-electron chi connectivity index (χ1n) is 10.7. The molecule has 3 aromatic carbocycles. The number of benzene rings is 3. The average Bonchev–Trinajstić information content (AvgIpc) is 2.86. The molecule has 0 atom stereocenters. The summed E-state index contributed by atoms with van der Waals surface area (Å²) in [6.45, 7) is 3.07. The summed E-state index contributed by atoms with van der Waals surface area (Å²) in [7, 11) is 1.72. The molecule has 0 bridgehead atoms. The van der Waals surface area contributed by atoms with Crippen LogP contribution in [-0.4, -0.2) is 30.6 Å². The van der Waals surface area contributed by atoms with Crippen LogP contribution in [-0.2, 0) is 6.54 Å². The highest BCUT2D eigenvalue weighted by Gasteiger charge is 2.18. The van der Waals surface area contributed by atoms with Crippen molar-refractivity contribution in [2.45, 2.75) is 19.9 Å². The predicted molar refractivity (Wildman–Crippen MR) is 135 cm³/mol. The normalized spacial score (nSPS) is 10.2. The summed E-state index contributed by atoms with van der Waals surface area (Å²) in [5.74, 6) is 0.154. The summed E-state index contributed by atoms with van der Waals surface area (Å²) in [5, 5.41) is 5.84. The fourth-order valence-electron chi connectivity index (χ4n) is 3.12. The molecule has 7 heteroatoms. The quantitative estimate of drug-likeness (QED) is 0.482. The first kappa shape index (κ1) is 23.9. The van der Waals surface area contributed by atoms with Crippen LogP contribution in [0.4, 0.5) is 5.69 Å². The Hall–Kier alpha value is -3.71. The fraction of sp³-hybridized carbons (Fsp3) is 0.192. The first-order chi connectivity index (χ1) is 16.0. The molecule has 3 rings (SSSR count). The van der Waals surface area contributed by atoms with Gasteiger partial charge in [-0.2, -0.15) is 0 Å². The van der Waals surface area contributed by atoms with Gasteiger partial charge in [0.05, 0.1) is 17.9 Å². The summed E-state index contributed by atoms with van der Waals surface area (Å²) in [6, 6.07) is 23.7. The molecule has 0 saturated heterocycles. The van der Waals surface area contributed by atoms with E-state index in [1.165, 1.54) is 0 Å². The number of anilines is 1. The van der Waals surface area contributed by atoms with Crippen molar-refractivity contribution in [1.82, 2.24) is 10.6 Å². The SMILES string of the molecule is CCCOc1ccc(C(=O)NC(=S)N(C)c2ccccc2C(=O)NCc2ccccc2)cc1. The van der Waals surface area contributed by atoms with E-state index in [9.17, 15) is 9.59 Å². The molecule has 0 spiro atoms. The fourth-order valence-corrected chi connectivity index (χ4v) is 3.31. The molecule has 0 aromatic heterocycles. The molecule has 0 radical (unpaired) electrons. The van der Waals surface area contributed by atoms with E-state index in [4.69, 9.17) is 17.0 Å². The number of nitrogens with zero attached hydrogens (tertiary/aromatic N) is 1. The number of para-hydroxylation sites is 1. The second-order valence-corrected chi connectivity index (χ2v) is 7.76. The Morgan fingerprint density at radius 1 is 0.909 bits per heavy atom. The van der Waals surface area contributed by atoms with Crippen LogP contribution in [0.15, 0.2) is 78.9 Å². The molecule has 2 N–H and O–H groups in total. The second kappa shape index (κ2) is 11.8. The molecular weight excluding hydrogens is 434 g/mol. The van der Waals surface area contributed by atoms with Gasteiger partial charge in [-0.05, 0) is 60.6 Å². The molecule has 3 aromatic rings. The maximum atomic E-state index is 12.8. The molecule has 0 fully saturated rings. The van der Waals surface area contributed by atoms with Gasteiger partial charge in [0.2, 0.25) is 0 Å². The zero-order chi connectivity index (χ0) is 23.6. The van der Waals surface area contributed by atoms with Gasteiger partial charge in [-0.25, -0.2) is 0 Å². The zero-order valence-corrected chi connectivity index (χ0v) is 19.5. The van der Waals surface area contributed by atoms with E-state index >= 15 is 0 Å². The van der Waals surface area contributed by atoms with E-state index in [2.05, 4.69) is 10.6 Å². The molecule has 0 aliphatic rings. The Morgan fingerprint density at radius 2 is 1.58 bits per heavy atom.